The molecule has 1 amide bonds. The minimum atomic E-state index is -3.81. The summed E-state index contributed by atoms with van der Waals surface area (Å²) in [5.74, 6) is 0.595. The molecule has 2 N–H and O–H groups in total. The maximum absolute atomic E-state index is 12.4. The van der Waals surface area contributed by atoms with Gasteiger partial charge in [-0.25, -0.2) is 23.1 Å². The number of nitrogens with zero attached hydrogens (tertiary/aromatic N) is 2. The van der Waals surface area contributed by atoms with Gasteiger partial charge in [0.25, 0.3) is 10.0 Å². The Balaban J connectivity index is 1.56. The number of amides is 1. The van der Waals surface area contributed by atoms with Crippen molar-refractivity contribution in [1.29, 1.82) is 0 Å². The van der Waals surface area contributed by atoms with Crippen LogP contribution in [0.1, 0.15) is 12.0 Å². The van der Waals surface area contributed by atoms with Crippen molar-refractivity contribution >= 4 is 27.6 Å². The molecule has 3 rings (SSSR count). The smallest absolute Gasteiger partial charge is 0.264 e. The Hall–Kier alpha value is -3.46. The highest BCUT2D eigenvalue weighted by molar-refractivity contribution is 7.92. The number of nitrogens with one attached hydrogen (secondary N) is 2. The molecule has 9 heteroatoms. The molecule has 1 aromatic heterocycles. The average Bonchev–Trinajstić information content (AvgIpc) is 2.73. The van der Waals surface area contributed by atoms with Crippen molar-refractivity contribution in [2.24, 2.45) is 0 Å². The fraction of sp³-hybridized carbons (Fsp3) is 0.150. The first-order valence-electron chi connectivity index (χ1n) is 8.79. The van der Waals surface area contributed by atoms with Crippen molar-refractivity contribution in [3.05, 3.63) is 72.6 Å². The van der Waals surface area contributed by atoms with Crippen LogP contribution >= 0.6 is 0 Å². The van der Waals surface area contributed by atoms with Crippen molar-refractivity contribution in [2.75, 3.05) is 17.1 Å². The molecule has 0 aliphatic heterocycles. The van der Waals surface area contributed by atoms with Crippen LogP contribution in [0.5, 0.6) is 5.75 Å². The number of carbonyl (C=O) groups is 1. The Kier molecular flexibility index (Phi) is 6.40. The number of hydrogen-bond donors (Lipinski definition) is 2. The Bertz CT molecular complexity index is 1050. The first kappa shape index (κ1) is 20.3. The fourth-order valence-corrected chi connectivity index (χ4v) is 3.48. The highest BCUT2D eigenvalue weighted by Crippen LogP contribution is 2.17. The first-order valence-corrected chi connectivity index (χ1v) is 10.3. The van der Waals surface area contributed by atoms with E-state index in [4.69, 9.17) is 4.74 Å². The molecule has 0 spiro atoms. The first-order chi connectivity index (χ1) is 14.0. The second-order valence-corrected chi connectivity index (χ2v) is 7.78. The molecule has 3 aromatic rings. The van der Waals surface area contributed by atoms with Crippen LogP contribution in [0.25, 0.3) is 0 Å². The molecule has 0 radical (unpaired) electrons. The van der Waals surface area contributed by atoms with Crippen molar-refractivity contribution in [2.45, 2.75) is 17.7 Å². The minimum absolute atomic E-state index is 0.0107. The van der Waals surface area contributed by atoms with Gasteiger partial charge in [-0.05, 0) is 54.4 Å². The Morgan fingerprint density at radius 2 is 1.66 bits per heavy atom. The molecule has 0 fully saturated rings. The lowest BCUT2D eigenvalue weighted by Gasteiger charge is -2.09. The Labute approximate surface area is 169 Å². The van der Waals surface area contributed by atoms with Gasteiger partial charge in [0, 0.05) is 24.5 Å². The van der Waals surface area contributed by atoms with Crippen LogP contribution in [0, 0.1) is 0 Å². The summed E-state index contributed by atoms with van der Waals surface area (Å²) in [6.07, 6.45) is 3.77. The van der Waals surface area contributed by atoms with Crippen LogP contribution < -0.4 is 14.8 Å². The minimum Gasteiger partial charge on any atom is -0.497 e. The van der Waals surface area contributed by atoms with E-state index >= 15 is 0 Å². The second-order valence-electron chi connectivity index (χ2n) is 6.10. The van der Waals surface area contributed by atoms with E-state index in [2.05, 4.69) is 20.0 Å². The molecular formula is C20H20N4O4S. The summed E-state index contributed by atoms with van der Waals surface area (Å²) >= 11 is 0. The molecule has 0 unspecified atom stereocenters. The molecule has 0 saturated carbocycles. The van der Waals surface area contributed by atoms with Gasteiger partial charge in [0.1, 0.15) is 5.75 Å². The van der Waals surface area contributed by atoms with Crippen LogP contribution in [0.15, 0.2) is 71.9 Å². The van der Waals surface area contributed by atoms with Gasteiger partial charge in [-0.1, -0.05) is 12.1 Å². The van der Waals surface area contributed by atoms with Crippen LogP contribution in [0.2, 0.25) is 0 Å². The summed E-state index contributed by atoms with van der Waals surface area (Å²) in [5.41, 5.74) is 1.54. The standard InChI is InChI=1S/C20H20N4O4S/c1-28-17-8-3-15(4-9-17)5-12-19(25)23-16-6-10-18(11-7-16)29(26,27)24-20-21-13-2-14-22-20/h2-4,6-11,13-14H,5,12H2,1H3,(H,23,25)(H,21,22,24). The van der Waals surface area contributed by atoms with Crippen LogP contribution in [-0.2, 0) is 21.2 Å². The predicted molar refractivity (Wildman–Crippen MR) is 109 cm³/mol. The fourth-order valence-electron chi connectivity index (χ4n) is 2.52. The Morgan fingerprint density at radius 1 is 1.00 bits per heavy atom. The number of aryl methyl sites for hydroxylation is 1. The van der Waals surface area contributed by atoms with Crippen molar-refractivity contribution in [3.63, 3.8) is 0 Å². The summed E-state index contributed by atoms with van der Waals surface area (Å²) in [6, 6.07) is 15.0. The quantitative estimate of drug-likeness (QED) is 0.589. The van der Waals surface area contributed by atoms with Crippen molar-refractivity contribution < 1.29 is 17.9 Å². The van der Waals surface area contributed by atoms with E-state index < -0.39 is 10.0 Å². The monoisotopic (exact) mass is 412 g/mol. The van der Waals surface area contributed by atoms with E-state index in [0.29, 0.717) is 18.5 Å². The van der Waals surface area contributed by atoms with E-state index in [1.54, 1.807) is 13.2 Å². The van der Waals surface area contributed by atoms with Gasteiger partial charge in [0.05, 0.1) is 12.0 Å². The number of methoxy groups -OCH3 is 1. The molecule has 0 aliphatic carbocycles. The van der Waals surface area contributed by atoms with Crippen LogP contribution in [-0.4, -0.2) is 31.4 Å². The van der Waals surface area contributed by atoms with Gasteiger partial charge < -0.3 is 10.1 Å². The van der Waals surface area contributed by atoms with E-state index in [1.165, 1.54) is 36.7 Å². The third kappa shape index (κ3) is 5.76. The van der Waals surface area contributed by atoms with E-state index in [9.17, 15) is 13.2 Å². The van der Waals surface area contributed by atoms with Gasteiger partial charge in [0.2, 0.25) is 11.9 Å². The summed E-state index contributed by atoms with van der Waals surface area (Å²) in [4.78, 5) is 19.9. The normalized spacial score (nSPS) is 10.9. The lowest BCUT2D eigenvalue weighted by molar-refractivity contribution is -0.116. The molecule has 0 atom stereocenters. The molecule has 29 heavy (non-hydrogen) atoms. The molecule has 0 bridgehead atoms. The van der Waals surface area contributed by atoms with Gasteiger partial charge in [-0.2, -0.15) is 0 Å². The summed E-state index contributed by atoms with van der Waals surface area (Å²) in [7, 11) is -2.21. The second kappa shape index (κ2) is 9.16. The molecule has 8 nitrogen and oxygen atoms in total. The number of rotatable bonds is 8. The number of carbonyl (C=O) groups excluding carboxylic acids is 1. The average molecular weight is 412 g/mol. The van der Waals surface area contributed by atoms with Gasteiger partial charge in [-0.15, -0.1) is 0 Å². The summed E-state index contributed by atoms with van der Waals surface area (Å²) in [5, 5.41) is 2.76. The van der Waals surface area contributed by atoms with Crippen molar-refractivity contribution in [3.8, 4) is 5.75 Å². The zero-order valence-corrected chi connectivity index (χ0v) is 16.5. The molecular weight excluding hydrogens is 392 g/mol. The SMILES string of the molecule is COc1ccc(CCC(=O)Nc2ccc(S(=O)(=O)Nc3ncccn3)cc2)cc1. The lowest BCUT2D eigenvalue weighted by Crippen LogP contribution is -2.15. The molecule has 150 valence electrons. The third-order valence-electron chi connectivity index (χ3n) is 4.04. The third-order valence-corrected chi connectivity index (χ3v) is 5.38. The van der Waals surface area contributed by atoms with Crippen LogP contribution in [0.4, 0.5) is 11.6 Å². The largest absolute Gasteiger partial charge is 0.497 e. The van der Waals surface area contributed by atoms with Gasteiger partial charge in [-0.3, -0.25) is 4.79 Å². The number of hydrogen-bond acceptors (Lipinski definition) is 6. The molecule has 0 aliphatic rings. The molecule has 0 saturated heterocycles. The lowest BCUT2D eigenvalue weighted by atomic mass is 10.1. The van der Waals surface area contributed by atoms with E-state index in [0.717, 1.165) is 11.3 Å². The molecule has 1 heterocycles. The summed E-state index contributed by atoms with van der Waals surface area (Å²) < 4.78 is 32.1. The molecule has 2 aromatic carbocycles. The van der Waals surface area contributed by atoms with Gasteiger partial charge >= 0.3 is 0 Å². The number of benzene rings is 2. The van der Waals surface area contributed by atoms with Gasteiger partial charge in [0.15, 0.2) is 0 Å². The maximum Gasteiger partial charge on any atom is 0.264 e. The number of anilines is 2. The van der Waals surface area contributed by atoms with Crippen LogP contribution in [0.3, 0.4) is 0 Å². The predicted octanol–water partition coefficient (Wildman–Crippen LogP) is 2.86. The topological polar surface area (TPSA) is 110 Å². The zero-order chi connectivity index (χ0) is 20.7. The highest BCUT2D eigenvalue weighted by atomic mass is 32.2. The number of sulfonamides is 1. The van der Waals surface area contributed by atoms with E-state index in [-0.39, 0.29) is 16.8 Å². The zero-order valence-electron chi connectivity index (χ0n) is 15.7. The maximum atomic E-state index is 12.4. The highest BCUT2D eigenvalue weighted by Gasteiger charge is 2.15. The number of ether oxygens (including phenoxy) is 1. The summed E-state index contributed by atoms with van der Waals surface area (Å²) in [6.45, 7) is 0. The number of aromatic nitrogens is 2. The van der Waals surface area contributed by atoms with E-state index in [1.807, 2.05) is 24.3 Å². The van der Waals surface area contributed by atoms with Crippen molar-refractivity contribution in [1.82, 2.24) is 9.97 Å². The Morgan fingerprint density at radius 3 is 2.28 bits per heavy atom.